The third-order valence-corrected chi connectivity index (χ3v) is 4.82. The molecule has 8 nitrogen and oxygen atoms in total. The Kier molecular flexibility index (Phi) is 5.67. The van der Waals surface area contributed by atoms with Gasteiger partial charge in [0, 0.05) is 30.8 Å². The van der Waals surface area contributed by atoms with Crippen LogP contribution in [0.25, 0.3) is 0 Å². The molecule has 8 heteroatoms. The fraction of sp³-hybridized carbons (Fsp3) is 0.350. The Balaban J connectivity index is 1.73. The van der Waals surface area contributed by atoms with Gasteiger partial charge >= 0.3 is 0 Å². The van der Waals surface area contributed by atoms with E-state index in [9.17, 15) is 14.9 Å². The van der Waals surface area contributed by atoms with E-state index < -0.39 is 4.92 Å². The summed E-state index contributed by atoms with van der Waals surface area (Å²) in [6.45, 7) is 0.532. The second kappa shape index (κ2) is 8.16. The molecule has 28 heavy (non-hydrogen) atoms. The Morgan fingerprint density at radius 3 is 2.36 bits per heavy atom. The molecule has 1 aliphatic heterocycles. The zero-order chi connectivity index (χ0) is 20.3. The molecule has 148 valence electrons. The molecule has 0 unspecified atom stereocenters. The van der Waals surface area contributed by atoms with Gasteiger partial charge in [-0.05, 0) is 42.2 Å². The molecule has 0 bridgehead atoms. The number of nitro benzene ring substituents is 1. The highest BCUT2D eigenvalue weighted by atomic mass is 16.6. The van der Waals surface area contributed by atoms with Crippen LogP contribution in [0, 0.1) is 10.1 Å². The minimum atomic E-state index is -0.421. The number of non-ortho nitro benzene ring substituents is 1. The van der Waals surface area contributed by atoms with Crippen LogP contribution >= 0.6 is 0 Å². The van der Waals surface area contributed by atoms with E-state index in [1.54, 1.807) is 38.4 Å². The molecule has 0 radical (unpaired) electrons. The van der Waals surface area contributed by atoms with Gasteiger partial charge in [0.05, 0.1) is 26.3 Å². The van der Waals surface area contributed by atoms with Crippen molar-refractivity contribution in [1.82, 2.24) is 0 Å². The van der Waals surface area contributed by atoms with Crippen LogP contribution in [0.2, 0.25) is 0 Å². The average Bonchev–Trinajstić information content (AvgIpc) is 3.14. The second-order valence-electron chi connectivity index (χ2n) is 6.40. The smallest absolute Gasteiger partial charge is 0.269 e. The first kappa shape index (κ1) is 19.5. The Labute approximate surface area is 162 Å². The predicted octanol–water partition coefficient (Wildman–Crippen LogP) is 3.14. The van der Waals surface area contributed by atoms with Gasteiger partial charge in [-0.2, -0.15) is 0 Å². The highest BCUT2D eigenvalue weighted by Gasteiger charge is 2.26. The van der Waals surface area contributed by atoms with E-state index in [2.05, 4.69) is 0 Å². The number of anilines is 1. The first-order valence-corrected chi connectivity index (χ1v) is 8.85. The van der Waals surface area contributed by atoms with Gasteiger partial charge in [-0.15, -0.1) is 0 Å². The minimum absolute atomic E-state index is 0.0265. The first-order valence-electron chi connectivity index (χ1n) is 8.85. The number of fused-ring (bicyclic) bond motifs is 1. The summed E-state index contributed by atoms with van der Waals surface area (Å²) in [4.78, 5) is 24.9. The summed E-state index contributed by atoms with van der Waals surface area (Å²) in [6.07, 6.45) is 1.43. The number of methoxy groups -OCH3 is 3. The molecular formula is C20H22N2O6. The summed E-state index contributed by atoms with van der Waals surface area (Å²) in [7, 11) is 4.64. The van der Waals surface area contributed by atoms with Crippen LogP contribution in [0.15, 0.2) is 30.3 Å². The van der Waals surface area contributed by atoms with Gasteiger partial charge in [0.1, 0.15) is 0 Å². The van der Waals surface area contributed by atoms with Crippen LogP contribution in [0.3, 0.4) is 0 Å². The van der Waals surface area contributed by atoms with E-state index in [1.165, 1.54) is 6.07 Å². The van der Waals surface area contributed by atoms with E-state index in [0.717, 1.165) is 16.8 Å². The predicted molar refractivity (Wildman–Crippen MR) is 104 cm³/mol. The summed E-state index contributed by atoms with van der Waals surface area (Å²) in [5, 5.41) is 10.9. The third-order valence-electron chi connectivity index (χ3n) is 4.82. The summed E-state index contributed by atoms with van der Waals surface area (Å²) in [5.41, 5.74) is 2.52. The van der Waals surface area contributed by atoms with Gasteiger partial charge in [0.15, 0.2) is 11.5 Å². The fourth-order valence-electron chi connectivity index (χ4n) is 3.43. The fourth-order valence-corrected chi connectivity index (χ4v) is 3.43. The lowest BCUT2D eigenvalue weighted by Gasteiger charge is -2.18. The molecule has 0 aromatic heterocycles. The standard InChI is InChI=1S/C20H22N2O6/c1-26-17-10-13(11-18(27-2)20(17)28-3)4-7-19(23)21-9-8-14-12-15(22(24)25)5-6-16(14)21/h5-6,10-12H,4,7-9H2,1-3H3. The highest BCUT2D eigenvalue weighted by Crippen LogP contribution is 2.38. The normalized spacial score (nSPS) is 12.5. The zero-order valence-corrected chi connectivity index (χ0v) is 16.1. The van der Waals surface area contributed by atoms with E-state index in [0.29, 0.717) is 43.1 Å². The summed E-state index contributed by atoms with van der Waals surface area (Å²) in [6, 6.07) is 8.29. The molecule has 2 aromatic carbocycles. The minimum Gasteiger partial charge on any atom is -0.493 e. The number of benzene rings is 2. The molecule has 0 saturated heterocycles. The lowest BCUT2D eigenvalue weighted by molar-refractivity contribution is -0.384. The van der Waals surface area contributed by atoms with Crippen molar-refractivity contribution in [3.05, 3.63) is 51.6 Å². The molecule has 1 amide bonds. The van der Waals surface area contributed by atoms with E-state index in [1.807, 2.05) is 12.1 Å². The Morgan fingerprint density at radius 1 is 1.11 bits per heavy atom. The summed E-state index contributed by atoms with van der Waals surface area (Å²) in [5.74, 6) is 1.57. The Hall–Kier alpha value is -3.29. The molecule has 0 aliphatic carbocycles. The highest BCUT2D eigenvalue weighted by molar-refractivity contribution is 5.95. The molecule has 0 atom stereocenters. The van der Waals surface area contributed by atoms with Crippen LogP contribution < -0.4 is 19.1 Å². The number of aryl methyl sites for hydroxylation is 1. The molecule has 0 spiro atoms. The van der Waals surface area contributed by atoms with Crippen LogP contribution in [-0.4, -0.2) is 38.7 Å². The maximum Gasteiger partial charge on any atom is 0.269 e. The number of carbonyl (C=O) groups is 1. The van der Waals surface area contributed by atoms with E-state index in [-0.39, 0.29) is 11.6 Å². The SMILES string of the molecule is COc1cc(CCC(=O)N2CCc3cc([N+](=O)[O-])ccc32)cc(OC)c1OC. The number of ether oxygens (including phenoxy) is 3. The quantitative estimate of drug-likeness (QED) is 0.536. The third kappa shape index (κ3) is 3.71. The lowest BCUT2D eigenvalue weighted by Crippen LogP contribution is -2.29. The van der Waals surface area contributed by atoms with Gasteiger partial charge in [-0.25, -0.2) is 0 Å². The number of hydrogen-bond donors (Lipinski definition) is 0. The van der Waals surface area contributed by atoms with E-state index in [4.69, 9.17) is 14.2 Å². The molecule has 0 fully saturated rings. The summed E-state index contributed by atoms with van der Waals surface area (Å²) >= 11 is 0. The topological polar surface area (TPSA) is 91.1 Å². The number of nitrogens with zero attached hydrogens (tertiary/aromatic N) is 2. The van der Waals surface area contributed by atoms with Gasteiger partial charge in [-0.3, -0.25) is 14.9 Å². The number of carbonyl (C=O) groups excluding carboxylic acids is 1. The van der Waals surface area contributed by atoms with Crippen molar-refractivity contribution >= 4 is 17.3 Å². The van der Waals surface area contributed by atoms with Gasteiger partial charge in [0.2, 0.25) is 11.7 Å². The lowest BCUT2D eigenvalue weighted by atomic mass is 10.1. The number of nitro groups is 1. The van der Waals surface area contributed by atoms with Crippen molar-refractivity contribution in [2.75, 3.05) is 32.8 Å². The van der Waals surface area contributed by atoms with Crippen molar-refractivity contribution < 1.29 is 23.9 Å². The summed E-state index contributed by atoms with van der Waals surface area (Å²) < 4.78 is 16.0. The van der Waals surface area contributed by atoms with Crippen molar-refractivity contribution in [2.45, 2.75) is 19.3 Å². The maximum atomic E-state index is 12.7. The number of hydrogen-bond acceptors (Lipinski definition) is 6. The van der Waals surface area contributed by atoms with E-state index >= 15 is 0 Å². The molecule has 1 heterocycles. The molecule has 0 saturated carbocycles. The maximum absolute atomic E-state index is 12.7. The Bertz CT molecular complexity index is 887. The van der Waals surface area contributed by atoms with Crippen LogP contribution in [0.5, 0.6) is 17.2 Å². The largest absolute Gasteiger partial charge is 0.493 e. The molecule has 0 N–H and O–H groups in total. The average molecular weight is 386 g/mol. The molecule has 3 rings (SSSR count). The number of rotatable bonds is 7. The van der Waals surface area contributed by atoms with Gasteiger partial charge in [-0.1, -0.05) is 0 Å². The van der Waals surface area contributed by atoms with Gasteiger partial charge in [0.25, 0.3) is 5.69 Å². The second-order valence-corrected chi connectivity index (χ2v) is 6.40. The van der Waals surface area contributed by atoms with Gasteiger partial charge < -0.3 is 19.1 Å². The van der Waals surface area contributed by atoms with Crippen molar-refractivity contribution in [3.63, 3.8) is 0 Å². The van der Waals surface area contributed by atoms with Crippen molar-refractivity contribution in [1.29, 1.82) is 0 Å². The van der Waals surface area contributed by atoms with Crippen molar-refractivity contribution in [3.8, 4) is 17.2 Å². The van der Waals surface area contributed by atoms with Crippen LogP contribution in [0.1, 0.15) is 17.5 Å². The molecular weight excluding hydrogens is 364 g/mol. The zero-order valence-electron chi connectivity index (χ0n) is 16.1. The van der Waals surface area contributed by atoms with Crippen molar-refractivity contribution in [2.24, 2.45) is 0 Å². The first-order chi connectivity index (χ1) is 13.5. The number of amides is 1. The molecule has 2 aromatic rings. The van der Waals surface area contributed by atoms with Crippen LogP contribution in [0.4, 0.5) is 11.4 Å². The molecule has 1 aliphatic rings. The Morgan fingerprint density at radius 2 is 1.79 bits per heavy atom. The van der Waals surface area contributed by atoms with Crippen LogP contribution in [-0.2, 0) is 17.6 Å². The monoisotopic (exact) mass is 386 g/mol.